The van der Waals surface area contributed by atoms with Gasteiger partial charge in [0.25, 0.3) is 0 Å². The Morgan fingerprint density at radius 2 is 0.792 bits per heavy atom. The largest absolute Gasteiger partial charge is 0.493 e. The van der Waals surface area contributed by atoms with Crippen LogP contribution in [0.1, 0.15) is 33.4 Å². The summed E-state index contributed by atoms with van der Waals surface area (Å²) in [4.78, 5) is 22.1. The van der Waals surface area contributed by atoms with E-state index >= 15 is 0 Å². The summed E-state index contributed by atoms with van der Waals surface area (Å²) in [5.74, 6) is 17.6. The van der Waals surface area contributed by atoms with E-state index in [1.165, 1.54) is 22.5 Å². The number of H-pyrrole nitrogens is 2. The molecule has 2 aliphatic rings. The lowest BCUT2D eigenvalue weighted by molar-refractivity contribution is 0.355. The number of hydrogen-bond acceptors (Lipinski definition) is 8. The standard InChI is InChI=1S/C65H48Cl2N6O4/c1-74-56-31-27-46(35-58(56)76-3)60-62(50-9-5-7-11-52(50)66)70-64(68-60)44-23-17-40(18-24-44)13-15-42-21-29-54-48(33-42)37-72-39-73(54)38-49-34-43(22-30-55(49)72)16-14-41-19-25-45(26-20-41)65-69-61(47-28-32-57(75-2)59(36-47)77-4)63(71-65)51-10-6-8-12-53(51)67/h5-12,17-36H,37-39H2,1-4H3,(H,68,70)(H,69,71). The van der Waals surface area contributed by atoms with Crippen LogP contribution >= 0.6 is 23.2 Å². The molecule has 4 heterocycles. The zero-order chi connectivity index (χ0) is 52.6. The molecule has 0 atom stereocenters. The van der Waals surface area contributed by atoms with Crippen LogP contribution in [0.4, 0.5) is 11.4 Å². The lowest BCUT2D eigenvalue weighted by Gasteiger charge is -2.44. The molecule has 0 saturated carbocycles. The third-order valence-corrected chi connectivity index (χ3v) is 14.6. The number of aromatic nitrogens is 4. The summed E-state index contributed by atoms with van der Waals surface area (Å²) in [5.41, 5.74) is 17.1. The molecule has 376 valence electrons. The van der Waals surface area contributed by atoms with E-state index in [1.807, 2.05) is 133 Å². The van der Waals surface area contributed by atoms with Crippen molar-refractivity contribution in [2.75, 3.05) is 44.9 Å². The van der Waals surface area contributed by atoms with Crippen LogP contribution in [0.2, 0.25) is 10.0 Å². The number of aromatic amines is 2. The fourth-order valence-corrected chi connectivity index (χ4v) is 10.5. The van der Waals surface area contributed by atoms with Crippen molar-refractivity contribution in [2.45, 2.75) is 13.1 Å². The van der Waals surface area contributed by atoms with Gasteiger partial charge in [-0.25, -0.2) is 9.97 Å². The van der Waals surface area contributed by atoms with E-state index in [-0.39, 0.29) is 0 Å². The van der Waals surface area contributed by atoms with Crippen molar-refractivity contribution in [3.05, 3.63) is 213 Å². The van der Waals surface area contributed by atoms with Crippen molar-refractivity contribution in [2.24, 2.45) is 0 Å². The molecule has 2 aromatic heterocycles. The lowest BCUT2D eigenvalue weighted by Crippen LogP contribution is -2.46. The Hall–Kier alpha value is -9.32. The minimum Gasteiger partial charge on any atom is -0.493 e. The van der Waals surface area contributed by atoms with Crippen LogP contribution in [-0.4, -0.2) is 55.0 Å². The van der Waals surface area contributed by atoms with Crippen molar-refractivity contribution < 1.29 is 18.9 Å². The second kappa shape index (κ2) is 20.8. The molecule has 0 spiro atoms. The number of methoxy groups -OCH3 is 4. The SMILES string of the molecule is COc1ccc(-c2nc(-c3ccc(C#Cc4ccc5c(c4)CN4CN5Cc5cc(C#Cc6ccc(-c7nc(-c8ccc(OC)c(OC)c8)c(-c8ccccc8Cl)[nH]7)cc6)ccc54)cc3)[nH]c2-c2ccccc2Cl)cc1OC. The van der Waals surface area contributed by atoms with Gasteiger partial charge in [-0.3, -0.25) is 0 Å². The van der Waals surface area contributed by atoms with E-state index in [1.54, 1.807) is 28.4 Å². The van der Waals surface area contributed by atoms with Crippen LogP contribution < -0.4 is 28.7 Å². The fourth-order valence-electron chi connectivity index (χ4n) is 10.1. The molecule has 77 heavy (non-hydrogen) atoms. The van der Waals surface area contributed by atoms with Crippen LogP contribution in [0.3, 0.4) is 0 Å². The number of nitrogens with one attached hydrogen (secondary N) is 2. The van der Waals surface area contributed by atoms with E-state index in [9.17, 15) is 0 Å². The van der Waals surface area contributed by atoms with Gasteiger partial charge in [0.1, 0.15) is 11.6 Å². The molecule has 12 heteroatoms. The number of rotatable bonds is 10. The van der Waals surface area contributed by atoms with E-state index in [0.717, 1.165) is 98.2 Å². The van der Waals surface area contributed by atoms with Crippen molar-refractivity contribution in [3.8, 4) is 114 Å². The number of imidazole rings is 2. The first-order valence-corrected chi connectivity index (χ1v) is 25.6. The molecule has 0 fully saturated rings. The number of halogens is 2. The first kappa shape index (κ1) is 48.6. The van der Waals surface area contributed by atoms with Gasteiger partial charge in [0.2, 0.25) is 0 Å². The summed E-state index contributed by atoms with van der Waals surface area (Å²) in [7, 11) is 6.49. The van der Waals surface area contributed by atoms with Crippen LogP contribution in [0.25, 0.3) is 67.8 Å². The van der Waals surface area contributed by atoms with Gasteiger partial charge in [0.05, 0.1) is 57.9 Å². The van der Waals surface area contributed by atoms with Gasteiger partial charge in [0.15, 0.2) is 23.0 Å². The van der Waals surface area contributed by atoms with E-state index in [4.69, 9.17) is 52.1 Å². The number of benzene rings is 8. The van der Waals surface area contributed by atoms with Gasteiger partial charge in [-0.05, 0) is 120 Å². The van der Waals surface area contributed by atoms with Gasteiger partial charge in [-0.15, -0.1) is 0 Å². The maximum absolute atomic E-state index is 6.73. The molecular formula is C65H48Cl2N6O4. The Bertz CT molecular complexity index is 3770. The summed E-state index contributed by atoms with van der Waals surface area (Å²) in [5, 5.41) is 1.24. The molecule has 8 aromatic carbocycles. The Morgan fingerprint density at radius 1 is 0.416 bits per heavy atom. The maximum Gasteiger partial charge on any atom is 0.161 e. The van der Waals surface area contributed by atoms with Crippen molar-refractivity contribution >= 4 is 34.6 Å². The summed E-state index contributed by atoms with van der Waals surface area (Å²) in [6.45, 7) is 2.40. The number of fused-ring (bicyclic) bond motifs is 6. The molecule has 2 N–H and O–H groups in total. The highest BCUT2D eigenvalue weighted by Gasteiger charge is 2.30. The van der Waals surface area contributed by atoms with Gasteiger partial charge in [0, 0.05) is 90.1 Å². The van der Waals surface area contributed by atoms with Crippen LogP contribution in [0.15, 0.2) is 170 Å². The van der Waals surface area contributed by atoms with Crippen LogP contribution in [-0.2, 0) is 13.1 Å². The summed E-state index contributed by atoms with van der Waals surface area (Å²) in [6, 6.07) is 56.4. The van der Waals surface area contributed by atoms with Crippen LogP contribution in [0, 0.1) is 23.7 Å². The third kappa shape index (κ3) is 9.58. The van der Waals surface area contributed by atoms with Gasteiger partial charge < -0.3 is 38.7 Å². The predicted octanol–water partition coefficient (Wildman–Crippen LogP) is 14.6. The summed E-state index contributed by atoms with van der Waals surface area (Å²) >= 11 is 13.5. The lowest BCUT2D eigenvalue weighted by atomic mass is 9.98. The van der Waals surface area contributed by atoms with Gasteiger partial charge in [-0.1, -0.05) is 108 Å². The Balaban J connectivity index is 0.736. The van der Waals surface area contributed by atoms with E-state index in [0.29, 0.717) is 44.7 Å². The molecule has 0 radical (unpaired) electrons. The normalized spacial score (nSPS) is 12.1. The average Bonchev–Trinajstić information content (AvgIpc) is 4.20. The first-order valence-electron chi connectivity index (χ1n) is 24.9. The second-order valence-corrected chi connectivity index (χ2v) is 19.4. The Morgan fingerprint density at radius 3 is 1.19 bits per heavy atom. The number of hydrogen-bond donors (Lipinski definition) is 2. The monoisotopic (exact) mass is 1050 g/mol. The number of ether oxygens (including phenoxy) is 4. The highest BCUT2D eigenvalue weighted by atomic mass is 35.5. The molecular weight excluding hydrogens is 1000 g/mol. The molecule has 12 rings (SSSR count). The fraction of sp³-hybridized carbons (Fsp3) is 0.108. The zero-order valence-corrected chi connectivity index (χ0v) is 44.0. The number of anilines is 2. The highest BCUT2D eigenvalue weighted by Crippen LogP contribution is 2.43. The minimum absolute atomic E-state index is 0.614. The molecule has 0 unspecified atom stereocenters. The Kier molecular flexibility index (Phi) is 13.1. The predicted molar refractivity (Wildman–Crippen MR) is 308 cm³/mol. The van der Waals surface area contributed by atoms with Crippen molar-refractivity contribution in [1.29, 1.82) is 0 Å². The topological polar surface area (TPSA) is 101 Å². The van der Waals surface area contributed by atoms with Gasteiger partial charge in [-0.2, -0.15) is 0 Å². The molecule has 0 amide bonds. The first-order chi connectivity index (χ1) is 37.7. The third-order valence-electron chi connectivity index (χ3n) is 13.9. The summed E-state index contributed by atoms with van der Waals surface area (Å²) < 4.78 is 22.2. The molecule has 2 bridgehead atoms. The Labute approximate surface area is 456 Å². The minimum atomic E-state index is 0.614. The van der Waals surface area contributed by atoms with Gasteiger partial charge >= 0.3 is 0 Å². The number of nitrogens with zero attached hydrogens (tertiary/aromatic N) is 4. The molecule has 0 saturated heterocycles. The molecule has 10 nitrogen and oxygen atoms in total. The second-order valence-electron chi connectivity index (χ2n) is 18.6. The zero-order valence-electron chi connectivity index (χ0n) is 42.5. The quantitative estimate of drug-likeness (QED) is 0.131. The average molecular weight is 1050 g/mol. The molecule has 0 aliphatic carbocycles. The molecule has 10 aromatic rings. The van der Waals surface area contributed by atoms with E-state index in [2.05, 4.69) is 79.8 Å². The maximum atomic E-state index is 6.73. The van der Waals surface area contributed by atoms with E-state index < -0.39 is 0 Å². The van der Waals surface area contributed by atoms with Crippen molar-refractivity contribution in [1.82, 2.24) is 19.9 Å². The smallest absolute Gasteiger partial charge is 0.161 e. The van der Waals surface area contributed by atoms with Crippen LogP contribution in [0.5, 0.6) is 23.0 Å². The summed E-state index contributed by atoms with van der Waals surface area (Å²) in [6.07, 6.45) is 0. The molecule has 2 aliphatic heterocycles. The van der Waals surface area contributed by atoms with Crippen molar-refractivity contribution in [3.63, 3.8) is 0 Å². The highest BCUT2D eigenvalue weighted by molar-refractivity contribution is 6.33.